The van der Waals surface area contributed by atoms with Crippen molar-refractivity contribution in [2.45, 2.75) is 5.50 Å². The zero-order valence-corrected chi connectivity index (χ0v) is 8.21. The van der Waals surface area contributed by atoms with E-state index in [1.165, 1.54) is 11.9 Å². The van der Waals surface area contributed by atoms with Gasteiger partial charge in [0.05, 0.1) is 6.20 Å². The van der Waals surface area contributed by atoms with E-state index in [1.54, 1.807) is 16.4 Å². The fourth-order valence-electron chi connectivity index (χ4n) is 1.16. The molecule has 0 fully saturated rings. The second-order valence-corrected chi connectivity index (χ2v) is 3.75. The molecule has 1 atom stereocenters. The molecule has 0 spiro atoms. The Balaban J connectivity index is 2.07. The summed E-state index contributed by atoms with van der Waals surface area (Å²) in [5.74, 6) is 0.763. The van der Waals surface area contributed by atoms with Gasteiger partial charge in [-0.15, -0.1) is 6.58 Å². The highest BCUT2D eigenvalue weighted by molar-refractivity contribution is 7.98. The van der Waals surface area contributed by atoms with Crippen LogP contribution in [0, 0.1) is 11.3 Å². The molecule has 1 aliphatic heterocycles. The van der Waals surface area contributed by atoms with Crippen molar-refractivity contribution in [2.75, 3.05) is 11.9 Å². The molecule has 2 N–H and O–H groups in total. The summed E-state index contributed by atoms with van der Waals surface area (Å²) in [6.45, 7) is 4.34. The van der Waals surface area contributed by atoms with Crippen LogP contribution in [0.15, 0.2) is 18.9 Å². The normalized spacial score (nSPS) is 18.4. The molecule has 0 bridgehead atoms. The minimum Gasteiger partial charge on any atom is -0.343 e. The van der Waals surface area contributed by atoms with Crippen LogP contribution in [0.5, 0.6) is 0 Å². The SMILES string of the molecule is C=CCNC1Nc2c(C#N)cnn2S1. The monoisotopic (exact) mass is 207 g/mol. The average Bonchev–Trinajstić information content (AvgIpc) is 2.73. The molecule has 6 heteroatoms. The average molecular weight is 207 g/mol. The van der Waals surface area contributed by atoms with Crippen LogP contribution in [0.2, 0.25) is 0 Å². The number of rotatable bonds is 3. The van der Waals surface area contributed by atoms with E-state index in [-0.39, 0.29) is 5.50 Å². The molecule has 2 heterocycles. The summed E-state index contributed by atoms with van der Waals surface area (Å²) in [4.78, 5) is 0. The molecule has 1 aliphatic rings. The molecule has 72 valence electrons. The maximum absolute atomic E-state index is 8.76. The van der Waals surface area contributed by atoms with Gasteiger partial charge in [-0.2, -0.15) is 14.4 Å². The van der Waals surface area contributed by atoms with Crippen molar-refractivity contribution in [2.24, 2.45) is 0 Å². The van der Waals surface area contributed by atoms with Crippen LogP contribution in [0.25, 0.3) is 0 Å². The van der Waals surface area contributed by atoms with E-state index < -0.39 is 0 Å². The number of aromatic nitrogens is 2. The Labute approximate surface area is 85.9 Å². The van der Waals surface area contributed by atoms with Crippen molar-refractivity contribution in [3.05, 3.63) is 24.4 Å². The van der Waals surface area contributed by atoms with Crippen molar-refractivity contribution < 1.29 is 0 Å². The Bertz CT molecular complexity index is 391. The third-order valence-electron chi connectivity index (χ3n) is 1.78. The summed E-state index contributed by atoms with van der Waals surface area (Å²) in [7, 11) is 0. The van der Waals surface area contributed by atoms with Crippen molar-refractivity contribution in [3.8, 4) is 6.07 Å². The summed E-state index contributed by atoms with van der Waals surface area (Å²) >= 11 is 1.50. The van der Waals surface area contributed by atoms with Gasteiger partial charge >= 0.3 is 0 Å². The molecule has 0 radical (unpaired) electrons. The summed E-state index contributed by atoms with van der Waals surface area (Å²) in [6.07, 6.45) is 3.34. The van der Waals surface area contributed by atoms with Gasteiger partial charge in [0.15, 0.2) is 5.82 Å². The lowest BCUT2D eigenvalue weighted by molar-refractivity contribution is 0.770. The topological polar surface area (TPSA) is 65.7 Å². The standard InChI is InChI=1S/C8H9N5S/c1-2-3-10-8-12-7-6(4-9)5-11-13(7)14-8/h2,5,8,10,12H,1,3H2. The van der Waals surface area contributed by atoms with Crippen LogP contribution in [0.3, 0.4) is 0 Å². The highest BCUT2D eigenvalue weighted by Crippen LogP contribution is 2.29. The minimum atomic E-state index is 0.0591. The number of nitrogens with zero attached hydrogens (tertiary/aromatic N) is 3. The number of nitriles is 1. The van der Waals surface area contributed by atoms with Crippen molar-refractivity contribution in [3.63, 3.8) is 0 Å². The molecule has 0 aliphatic carbocycles. The molecule has 0 aromatic carbocycles. The van der Waals surface area contributed by atoms with Gasteiger partial charge in [0.2, 0.25) is 0 Å². The Kier molecular flexibility index (Phi) is 2.43. The van der Waals surface area contributed by atoms with E-state index in [0.29, 0.717) is 5.56 Å². The zero-order valence-electron chi connectivity index (χ0n) is 7.40. The first-order valence-electron chi connectivity index (χ1n) is 4.11. The molecule has 0 saturated heterocycles. The second-order valence-electron chi connectivity index (χ2n) is 2.72. The van der Waals surface area contributed by atoms with Crippen LogP contribution in [-0.4, -0.2) is 21.2 Å². The predicted molar refractivity (Wildman–Crippen MR) is 55.5 cm³/mol. The van der Waals surface area contributed by atoms with Gasteiger partial charge < -0.3 is 5.32 Å². The van der Waals surface area contributed by atoms with Gasteiger partial charge in [0.1, 0.15) is 17.1 Å². The van der Waals surface area contributed by atoms with E-state index in [2.05, 4.69) is 28.4 Å². The summed E-state index contributed by atoms with van der Waals surface area (Å²) in [5, 5.41) is 19.1. The lowest BCUT2D eigenvalue weighted by atomic mass is 10.4. The van der Waals surface area contributed by atoms with Crippen LogP contribution in [0.4, 0.5) is 5.82 Å². The van der Waals surface area contributed by atoms with Gasteiger partial charge in [-0.3, -0.25) is 5.32 Å². The van der Waals surface area contributed by atoms with E-state index in [0.717, 1.165) is 12.4 Å². The molecule has 0 saturated carbocycles. The highest BCUT2D eigenvalue weighted by Gasteiger charge is 2.24. The molecule has 1 aromatic rings. The molecule has 5 nitrogen and oxygen atoms in total. The first-order chi connectivity index (χ1) is 6.85. The quantitative estimate of drug-likeness (QED) is 0.715. The molecule has 0 amide bonds. The second kappa shape index (κ2) is 3.74. The number of fused-ring (bicyclic) bond motifs is 1. The van der Waals surface area contributed by atoms with Crippen molar-refractivity contribution >= 4 is 17.8 Å². The lowest BCUT2D eigenvalue weighted by Gasteiger charge is -2.08. The van der Waals surface area contributed by atoms with Gasteiger partial charge in [0, 0.05) is 18.5 Å². The summed E-state index contributed by atoms with van der Waals surface area (Å²) in [5.41, 5.74) is 0.629. The zero-order chi connectivity index (χ0) is 9.97. The largest absolute Gasteiger partial charge is 0.343 e. The molecule has 1 unspecified atom stereocenters. The smallest absolute Gasteiger partial charge is 0.156 e. The third-order valence-corrected chi connectivity index (χ3v) is 2.75. The van der Waals surface area contributed by atoms with Crippen LogP contribution >= 0.6 is 11.9 Å². The highest BCUT2D eigenvalue weighted by atomic mass is 32.2. The first kappa shape index (κ1) is 9.12. The van der Waals surface area contributed by atoms with Crippen LogP contribution in [0.1, 0.15) is 5.56 Å². The number of anilines is 1. The fraction of sp³-hybridized carbons (Fsp3) is 0.250. The van der Waals surface area contributed by atoms with Crippen molar-refractivity contribution in [1.29, 1.82) is 5.26 Å². The van der Waals surface area contributed by atoms with Gasteiger partial charge in [-0.25, -0.2) is 0 Å². The van der Waals surface area contributed by atoms with Gasteiger partial charge in [-0.1, -0.05) is 6.08 Å². The maximum atomic E-state index is 8.76. The number of hydrogen-bond acceptors (Lipinski definition) is 5. The Morgan fingerprint density at radius 2 is 2.79 bits per heavy atom. The summed E-state index contributed by atoms with van der Waals surface area (Å²) in [6, 6.07) is 2.08. The molecule has 1 aromatic heterocycles. The predicted octanol–water partition coefficient (Wildman–Crippen LogP) is 0.736. The van der Waals surface area contributed by atoms with E-state index in [9.17, 15) is 0 Å². The van der Waals surface area contributed by atoms with E-state index >= 15 is 0 Å². The van der Waals surface area contributed by atoms with Gasteiger partial charge in [0.25, 0.3) is 0 Å². The van der Waals surface area contributed by atoms with E-state index in [4.69, 9.17) is 5.26 Å². The molecular weight excluding hydrogens is 198 g/mol. The van der Waals surface area contributed by atoms with Crippen LogP contribution in [-0.2, 0) is 0 Å². The molecular formula is C8H9N5S. The first-order valence-corrected chi connectivity index (χ1v) is 4.95. The lowest BCUT2D eigenvalue weighted by Crippen LogP contribution is -2.30. The summed E-state index contributed by atoms with van der Waals surface area (Å²) < 4.78 is 1.71. The number of nitrogens with one attached hydrogen (secondary N) is 2. The number of hydrogen-bond donors (Lipinski definition) is 2. The van der Waals surface area contributed by atoms with Crippen LogP contribution < -0.4 is 10.6 Å². The Hall–Kier alpha value is -1.45. The minimum absolute atomic E-state index is 0.0591. The van der Waals surface area contributed by atoms with E-state index in [1.807, 2.05) is 0 Å². The third kappa shape index (κ3) is 1.47. The van der Waals surface area contributed by atoms with Crippen molar-refractivity contribution in [1.82, 2.24) is 14.5 Å². The fourth-order valence-corrected chi connectivity index (χ4v) is 2.05. The maximum Gasteiger partial charge on any atom is 0.156 e. The molecule has 2 rings (SSSR count). The Morgan fingerprint density at radius 3 is 3.50 bits per heavy atom. The Morgan fingerprint density at radius 1 is 1.93 bits per heavy atom. The molecule has 14 heavy (non-hydrogen) atoms. The van der Waals surface area contributed by atoms with Gasteiger partial charge in [-0.05, 0) is 0 Å².